The zero-order valence-corrected chi connectivity index (χ0v) is 17.7. The third-order valence-corrected chi connectivity index (χ3v) is 10.3. The van der Waals surface area contributed by atoms with Gasteiger partial charge in [0.25, 0.3) is 0 Å². The molecule has 0 radical (unpaired) electrons. The van der Waals surface area contributed by atoms with Gasteiger partial charge in [0, 0.05) is 36.1 Å². The van der Waals surface area contributed by atoms with E-state index >= 15 is 0 Å². The van der Waals surface area contributed by atoms with Crippen LogP contribution in [-0.2, 0) is 15.0 Å². The molecule has 0 spiro atoms. The van der Waals surface area contributed by atoms with E-state index in [1.165, 1.54) is 31.4 Å². The zero-order valence-electron chi connectivity index (χ0n) is 17.7. The number of hydrogen-bond donors (Lipinski definition) is 1. The Morgan fingerprint density at radius 3 is 2.61 bits per heavy atom. The van der Waals surface area contributed by atoms with E-state index in [0.717, 1.165) is 31.6 Å². The maximum absolute atomic E-state index is 12.6. The third-order valence-electron chi connectivity index (χ3n) is 10.3. The first-order chi connectivity index (χ1) is 13.3. The quantitative estimate of drug-likeness (QED) is 0.740. The molecule has 4 aliphatic carbocycles. The Morgan fingerprint density at radius 2 is 1.89 bits per heavy atom. The van der Waals surface area contributed by atoms with Crippen molar-refractivity contribution in [2.45, 2.75) is 84.0 Å². The molecule has 1 heterocycles. The zero-order chi connectivity index (χ0) is 19.7. The molecule has 28 heavy (non-hydrogen) atoms. The van der Waals surface area contributed by atoms with E-state index in [4.69, 9.17) is 0 Å². The largest absolute Gasteiger partial charge is 0.365 e. The van der Waals surface area contributed by atoms with Crippen LogP contribution in [0.25, 0.3) is 0 Å². The molecule has 4 aliphatic rings. The normalized spacial score (nSPS) is 47.9. The van der Waals surface area contributed by atoms with Gasteiger partial charge in [-0.1, -0.05) is 13.8 Å². The van der Waals surface area contributed by atoms with Crippen molar-refractivity contribution in [3.63, 3.8) is 0 Å². The number of carbonyl (C=O) groups is 2. The van der Waals surface area contributed by atoms with Crippen molar-refractivity contribution in [1.82, 2.24) is 4.98 Å². The second-order valence-electron chi connectivity index (χ2n) is 11.0. The monoisotopic (exact) mass is 381 g/mol. The number of nitrogens with one attached hydrogen (secondary N) is 1. The van der Waals surface area contributed by atoms with E-state index in [-0.39, 0.29) is 22.2 Å². The third kappa shape index (κ3) is 2.22. The number of hydrogen-bond acceptors (Lipinski definition) is 2. The summed E-state index contributed by atoms with van der Waals surface area (Å²) in [4.78, 5) is 28.5. The minimum absolute atomic E-state index is 0.0146. The van der Waals surface area contributed by atoms with Gasteiger partial charge >= 0.3 is 0 Å². The predicted molar refractivity (Wildman–Crippen MR) is 110 cm³/mol. The van der Waals surface area contributed by atoms with Crippen LogP contribution in [0, 0.1) is 34.5 Å². The highest BCUT2D eigenvalue weighted by Gasteiger charge is 2.65. The lowest BCUT2D eigenvalue weighted by atomic mass is 9.39. The van der Waals surface area contributed by atoms with Crippen LogP contribution in [0.5, 0.6) is 0 Å². The number of aromatic nitrogens is 1. The molecule has 0 unspecified atom stereocenters. The summed E-state index contributed by atoms with van der Waals surface area (Å²) in [5.74, 6) is 3.23. The van der Waals surface area contributed by atoms with Crippen molar-refractivity contribution >= 4 is 11.6 Å². The fourth-order valence-electron chi connectivity index (χ4n) is 8.91. The van der Waals surface area contributed by atoms with Crippen LogP contribution >= 0.6 is 0 Å². The molecular weight excluding hydrogens is 346 g/mol. The van der Waals surface area contributed by atoms with Gasteiger partial charge in [0.1, 0.15) is 11.6 Å². The lowest BCUT2D eigenvalue weighted by Crippen LogP contribution is -2.61. The maximum Gasteiger partial charge on any atom is 0.133 e. The van der Waals surface area contributed by atoms with Gasteiger partial charge in [-0.3, -0.25) is 9.59 Å². The van der Waals surface area contributed by atoms with Crippen LogP contribution in [0.15, 0.2) is 18.3 Å². The van der Waals surface area contributed by atoms with E-state index in [0.29, 0.717) is 29.8 Å². The van der Waals surface area contributed by atoms with Crippen molar-refractivity contribution in [3.8, 4) is 0 Å². The average Bonchev–Trinajstić information content (AvgIpc) is 3.29. The van der Waals surface area contributed by atoms with Crippen molar-refractivity contribution in [2.75, 3.05) is 0 Å². The summed E-state index contributed by atoms with van der Waals surface area (Å²) in [5, 5.41) is 0. The van der Waals surface area contributed by atoms with Crippen molar-refractivity contribution < 1.29 is 9.59 Å². The van der Waals surface area contributed by atoms with Gasteiger partial charge < -0.3 is 4.98 Å². The molecule has 1 aromatic rings. The van der Waals surface area contributed by atoms with E-state index in [1.54, 1.807) is 0 Å². The highest BCUT2D eigenvalue weighted by Crippen LogP contribution is 2.70. The summed E-state index contributed by atoms with van der Waals surface area (Å²) in [6.45, 7) is 6.75. The Labute approximate surface area is 169 Å². The Bertz CT molecular complexity index is 797. The molecule has 7 atom stereocenters. The second-order valence-corrected chi connectivity index (χ2v) is 11.0. The molecule has 1 aromatic heterocycles. The smallest absolute Gasteiger partial charge is 0.133 e. The van der Waals surface area contributed by atoms with Gasteiger partial charge in [0.05, 0.1) is 0 Å². The fraction of sp³-hybridized carbons (Fsp3) is 0.760. The molecule has 3 nitrogen and oxygen atoms in total. The topological polar surface area (TPSA) is 49.9 Å². The average molecular weight is 382 g/mol. The van der Waals surface area contributed by atoms with Crippen molar-refractivity contribution in [2.24, 2.45) is 34.5 Å². The van der Waals surface area contributed by atoms with Gasteiger partial charge in [0.15, 0.2) is 0 Å². The van der Waals surface area contributed by atoms with Crippen molar-refractivity contribution in [3.05, 3.63) is 24.0 Å². The van der Waals surface area contributed by atoms with E-state index in [2.05, 4.69) is 31.0 Å². The fourth-order valence-corrected chi connectivity index (χ4v) is 8.91. The Morgan fingerprint density at radius 1 is 1.07 bits per heavy atom. The van der Waals surface area contributed by atoms with Gasteiger partial charge in [-0.2, -0.15) is 0 Å². The van der Waals surface area contributed by atoms with Crippen LogP contribution in [-0.4, -0.2) is 16.6 Å². The van der Waals surface area contributed by atoms with Gasteiger partial charge in [-0.15, -0.1) is 0 Å². The molecule has 4 fully saturated rings. The molecule has 0 aromatic carbocycles. The number of Topliss-reactive ketones (excluding diaryl/α,β-unsaturated/α-hetero) is 2. The highest BCUT2D eigenvalue weighted by molar-refractivity contribution is 5.81. The molecular formula is C25H35NO2. The Balaban J connectivity index is 1.55. The lowest BCUT2D eigenvalue weighted by molar-refractivity contribution is -0.150. The van der Waals surface area contributed by atoms with Crippen LogP contribution < -0.4 is 0 Å². The molecule has 1 N–H and O–H groups in total. The molecule has 4 saturated carbocycles. The maximum atomic E-state index is 12.6. The number of H-pyrrole nitrogens is 1. The number of rotatable bonds is 2. The van der Waals surface area contributed by atoms with E-state index in [9.17, 15) is 9.59 Å². The van der Waals surface area contributed by atoms with Crippen LogP contribution in [0.1, 0.15) is 84.3 Å². The van der Waals surface area contributed by atoms with E-state index in [1.807, 2.05) is 13.1 Å². The summed E-state index contributed by atoms with van der Waals surface area (Å²) < 4.78 is 0. The minimum Gasteiger partial charge on any atom is -0.365 e. The number of aromatic amines is 1. The van der Waals surface area contributed by atoms with Gasteiger partial charge in [-0.05, 0) is 92.6 Å². The standard InChI is InChI=1S/C25H35NO2/c1-16(27)19-6-7-20-18-9-13-25(22-5-4-14-26-22)15-17(28)8-12-24(25,3)21(18)10-11-23(19,20)2/h4-5,14,18-21,26H,6-13,15H2,1-3H3/t18-,19+,20-,21-,23+,24+,25-/m0/s1. The second kappa shape index (κ2) is 6.06. The molecule has 0 bridgehead atoms. The van der Waals surface area contributed by atoms with Crippen LogP contribution in [0.2, 0.25) is 0 Å². The molecule has 0 saturated heterocycles. The molecule has 152 valence electrons. The minimum atomic E-state index is -0.0146. The summed E-state index contributed by atoms with van der Waals surface area (Å²) in [5.41, 5.74) is 1.67. The first kappa shape index (κ1) is 18.6. The van der Waals surface area contributed by atoms with Crippen LogP contribution in [0.4, 0.5) is 0 Å². The Hall–Kier alpha value is -1.38. The SMILES string of the molecule is CC(=O)[C@H]1CC[C@H]2[C@@H]3CC[C@@]4(c5ccc[nH]5)CC(=O)CC[C@]4(C)[C@H]3CC[C@]12C. The summed E-state index contributed by atoms with van der Waals surface area (Å²) in [6, 6.07) is 4.33. The first-order valence-electron chi connectivity index (χ1n) is 11.5. The molecule has 0 amide bonds. The first-order valence-corrected chi connectivity index (χ1v) is 11.5. The van der Waals surface area contributed by atoms with Crippen molar-refractivity contribution in [1.29, 1.82) is 0 Å². The summed E-state index contributed by atoms with van der Waals surface area (Å²) in [7, 11) is 0. The van der Waals surface area contributed by atoms with E-state index < -0.39 is 0 Å². The number of fused-ring (bicyclic) bond motifs is 5. The lowest BCUT2D eigenvalue weighted by Gasteiger charge is -2.64. The Kier molecular flexibility index (Phi) is 4.03. The predicted octanol–water partition coefficient (Wildman–Crippen LogP) is 5.45. The molecule has 3 heteroatoms. The van der Waals surface area contributed by atoms with Gasteiger partial charge in [0.2, 0.25) is 0 Å². The highest BCUT2D eigenvalue weighted by atomic mass is 16.1. The summed E-state index contributed by atoms with van der Waals surface area (Å²) >= 11 is 0. The van der Waals surface area contributed by atoms with Crippen LogP contribution in [0.3, 0.4) is 0 Å². The number of carbonyl (C=O) groups excluding carboxylic acids is 2. The van der Waals surface area contributed by atoms with Gasteiger partial charge in [-0.25, -0.2) is 0 Å². The number of ketones is 2. The summed E-state index contributed by atoms with van der Waals surface area (Å²) in [6.07, 6.45) is 11.6. The molecule has 0 aliphatic heterocycles. The molecule has 5 rings (SSSR count).